The van der Waals surface area contributed by atoms with E-state index in [-0.39, 0.29) is 4.90 Å². The second kappa shape index (κ2) is 8.19. The summed E-state index contributed by atoms with van der Waals surface area (Å²) in [5, 5.41) is 15.8. The third-order valence-electron chi connectivity index (χ3n) is 4.64. The third kappa shape index (κ3) is 4.72. The first-order valence-electron chi connectivity index (χ1n) is 9.64. The van der Waals surface area contributed by atoms with Crippen LogP contribution in [-0.2, 0) is 10.0 Å². The van der Waals surface area contributed by atoms with E-state index in [1.165, 1.54) is 0 Å². The maximum atomic E-state index is 12.7. The fourth-order valence-electron chi connectivity index (χ4n) is 3.14. The van der Waals surface area contributed by atoms with Gasteiger partial charge in [0.25, 0.3) is 10.0 Å². The number of nitrogens with zero attached hydrogens (tertiary/aromatic N) is 4. The molecule has 0 saturated carbocycles. The monoisotopic (exact) mass is 434 g/mol. The normalized spacial score (nSPS) is 11.3. The molecule has 0 amide bonds. The first-order chi connectivity index (χ1) is 14.8. The van der Waals surface area contributed by atoms with Gasteiger partial charge in [0.1, 0.15) is 0 Å². The summed E-state index contributed by atoms with van der Waals surface area (Å²) in [5.74, 6) is 1.19. The van der Waals surface area contributed by atoms with Crippen LogP contribution in [0.5, 0.6) is 0 Å². The topological polar surface area (TPSA) is 102 Å². The minimum atomic E-state index is -3.66. The van der Waals surface area contributed by atoms with E-state index in [0.29, 0.717) is 22.9 Å². The molecule has 9 heteroatoms. The SMILES string of the molecule is Cc1ccc(S(=O)(=O)Nc2ccc(Nc3ccc(-n4ccc(C)n4)nn3)cc2)c(C)c1. The summed E-state index contributed by atoms with van der Waals surface area (Å²) < 4.78 is 29.7. The molecule has 0 bridgehead atoms. The van der Waals surface area contributed by atoms with Gasteiger partial charge in [0.2, 0.25) is 0 Å². The van der Waals surface area contributed by atoms with Crippen molar-refractivity contribution in [3.63, 3.8) is 0 Å². The number of benzene rings is 2. The zero-order valence-corrected chi connectivity index (χ0v) is 18.2. The van der Waals surface area contributed by atoms with Crippen molar-refractivity contribution < 1.29 is 8.42 Å². The van der Waals surface area contributed by atoms with Crippen LogP contribution in [0.15, 0.2) is 71.8 Å². The van der Waals surface area contributed by atoms with E-state index < -0.39 is 10.0 Å². The summed E-state index contributed by atoms with van der Waals surface area (Å²) in [6.45, 7) is 5.62. The quantitative estimate of drug-likeness (QED) is 0.473. The molecule has 0 fully saturated rings. The summed E-state index contributed by atoms with van der Waals surface area (Å²) in [5.41, 5.74) is 3.85. The van der Waals surface area contributed by atoms with Crippen LogP contribution in [0.4, 0.5) is 17.2 Å². The molecule has 31 heavy (non-hydrogen) atoms. The van der Waals surface area contributed by atoms with Gasteiger partial charge in [-0.3, -0.25) is 4.72 Å². The number of nitrogens with one attached hydrogen (secondary N) is 2. The average Bonchev–Trinajstić information content (AvgIpc) is 3.16. The largest absolute Gasteiger partial charge is 0.339 e. The van der Waals surface area contributed by atoms with Gasteiger partial charge in [-0.05, 0) is 74.9 Å². The molecule has 0 unspecified atom stereocenters. The van der Waals surface area contributed by atoms with Crippen molar-refractivity contribution in [1.82, 2.24) is 20.0 Å². The number of anilines is 3. The lowest BCUT2D eigenvalue weighted by Crippen LogP contribution is -2.14. The molecule has 0 aliphatic rings. The molecule has 2 heterocycles. The van der Waals surface area contributed by atoms with E-state index in [1.807, 2.05) is 38.2 Å². The number of aromatic nitrogens is 4. The molecule has 2 aromatic carbocycles. The first kappa shape index (κ1) is 20.5. The first-order valence-corrected chi connectivity index (χ1v) is 11.1. The van der Waals surface area contributed by atoms with Crippen LogP contribution in [-0.4, -0.2) is 28.4 Å². The molecular weight excluding hydrogens is 412 g/mol. The van der Waals surface area contributed by atoms with Gasteiger partial charge in [0, 0.05) is 17.6 Å². The van der Waals surface area contributed by atoms with E-state index in [0.717, 1.165) is 16.9 Å². The van der Waals surface area contributed by atoms with Crippen LogP contribution < -0.4 is 10.0 Å². The number of hydrogen-bond acceptors (Lipinski definition) is 6. The predicted molar refractivity (Wildman–Crippen MR) is 120 cm³/mol. The fourth-order valence-corrected chi connectivity index (χ4v) is 4.42. The second-order valence-corrected chi connectivity index (χ2v) is 8.91. The van der Waals surface area contributed by atoms with Crippen LogP contribution in [0.3, 0.4) is 0 Å². The predicted octanol–water partition coefficient (Wildman–Crippen LogP) is 4.13. The lowest BCUT2D eigenvalue weighted by Gasteiger charge is -2.12. The highest BCUT2D eigenvalue weighted by atomic mass is 32.2. The highest BCUT2D eigenvalue weighted by molar-refractivity contribution is 7.92. The Morgan fingerprint density at radius 3 is 2.19 bits per heavy atom. The maximum Gasteiger partial charge on any atom is 0.262 e. The lowest BCUT2D eigenvalue weighted by atomic mass is 10.2. The van der Waals surface area contributed by atoms with Crippen molar-refractivity contribution >= 4 is 27.2 Å². The average molecular weight is 435 g/mol. The molecule has 2 aromatic heterocycles. The van der Waals surface area contributed by atoms with E-state index in [9.17, 15) is 8.42 Å². The Bertz CT molecular complexity index is 1310. The van der Waals surface area contributed by atoms with Crippen LogP contribution in [0.25, 0.3) is 5.82 Å². The summed E-state index contributed by atoms with van der Waals surface area (Å²) in [7, 11) is -3.66. The zero-order chi connectivity index (χ0) is 22.0. The van der Waals surface area contributed by atoms with Crippen LogP contribution in [0.1, 0.15) is 16.8 Å². The molecule has 0 radical (unpaired) electrons. The van der Waals surface area contributed by atoms with Crippen LogP contribution in [0.2, 0.25) is 0 Å². The Hall–Kier alpha value is -3.72. The Labute approximate surface area is 181 Å². The van der Waals surface area contributed by atoms with Crippen LogP contribution in [0, 0.1) is 20.8 Å². The molecule has 0 aliphatic heterocycles. The summed E-state index contributed by atoms with van der Waals surface area (Å²) in [6.07, 6.45) is 1.82. The molecule has 158 valence electrons. The van der Waals surface area contributed by atoms with Gasteiger partial charge >= 0.3 is 0 Å². The van der Waals surface area contributed by atoms with E-state index in [1.54, 1.807) is 54.1 Å². The minimum Gasteiger partial charge on any atom is -0.339 e. The van der Waals surface area contributed by atoms with Crippen LogP contribution >= 0.6 is 0 Å². The standard InChI is InChI=1S/C22H22N6O2S/c1-15-4-9-20(16(2)14-15)31(29,30)27-19-7-5-18(6-8-19)23-21-10-11-22(25-24-21)28-13-12-17(3)26-28/h4-14,27H,1-3H3,(H,23,24). The van der Waals surface area contributed by atoms with Gasteiger partial charge in [-0.2, -0.15) is 5.10 Å². The number of rotatable bonds is 6. The van der Waals surface area contributed by atoms with Gasteiger partial charge in [-0.1, -0.05) is 17.7 Å². The van der Waals surface area contributed by atoms with Gasteiger partial charge in [0.15, 0.2) is 11.6 Å². The second-order valence-electron chi connectivity index (χ2n) is 7.26. The highest BCUT2D eigenvalue weighted by Crippen LogP contribution is 2.22. The van der Waals surface area contributed by atoms with E-state index in [2.05, 4.69) is 25.3 Å². The summed E-state index contributed by atoms with van der Waals surface area (Å²) >= 11 is 0. The highest BCUT2D eigenvalue weighted by Gasteiger charge is 2.16. The fraction of sp³-hybridized carbons (Fsp3) is 0.136. The number of hydrogen-bond donors (Lipinski definition) is 2. The van der Waals surface area contributed by atoms with Crippen molar-refractivity contribution in [3.05, 3.63) is 83.7 Å². The van der Waals surface area contributed by atoms with Gasteiger partial charge in [-0.25, -0.2) is 13.1 Å². The maximum absolute atomic E-state index is 12.7. The van der Waals surface area contributed by atoms with Crippen molar-refractivity contribution in [2.45, 2.75) is 25.7 Å². The van der Waals surface area contributed by atoms with Crippen molar-refractivity contribution in [1.29, 1.82) is 0 Å². The zero-order valence-electron chi connectivity index (χ0n) is 17.4. The number of aryl methyl sites for hydroxylation is 3. The van der Waals surface area contributed by atoms with Gasteiger partial charge in [-0.15, -0.1) is 10.2 Å². The number of sulfonamides is 1. The molecular formula is C22H22N6O2S. The molecule has 0 saturated heterocycles. The van der Waals surface area contributed by atoms with Gasteiger partial charge in [0.05, 0.1) is 10.6 Å². The summed E-state index contributed by atoms with van der Waals surface area (Å²) in [4.78, 5) is 0.267. The van der Waals surface area contributed by atoms with Crippen molar-refractivity contribution in [3.8, 4) is 5.82 Å². The molecule has 2 N–H and O–H groups in total. The van der Waals surface area contributed by atoms with E-state index >= 15 is 0 Å². The van der Waals surface area contributed by atoms with E-state index in [4.69, 9.17) is 0 Å². The molecule has 8 nitrogen and oxygen atoms in total. The molecule has 4 rings (SSSR count). The van der Waals surface area contributed by atoms with Gasteiger partial charge < -0.3 is 5.32 Å². The van der Waals surface area contributed by atoms with Crippen molar-refractivity contribution in [2.75, 3.05) is 10.0 Å². The Balaban J connectivity index is 1.44. The Morgan fingerprint density at radius 2 is 1.58 bits per heavy atom. The molecule has 0 atom stereocenters. The Kier molecular flexibility index (Phi) is 5.43. The molecule has 4 aromatic rings. The lowest BCUT2D eigenvalue weighted by molar-refractivity contribution is 0.600. The smallest absolute Gasteiger partial charge is 0.262 e. The van der Waals surface area contributed by atoms with Crippen molar-refractivity contribution in [2.24, 2.45) is 0 Å². The Morgan fingerprint density at radius 1 is 0.839 bits per heavy atom. The molecule has 0 spiro atoms. The third-order valence-corrected chi connectivity index (χ3v) is 6.18. The summed E-state index contributed by atoms with van der Waals surface area (Å²) in [6, 6.07) is 17.7. The molecule has 0 aliphatic carbocycles. The minimum absolute atomic E-state index is 0.267.